The lowest BCUT2D eigenvalue weighted by atomic mass is 10.0. The lowest BCUT2D eigenvalue weighted by Gasteiger charge is -2.21. The van der Waals surface area contributed by atoms with Gasteiger partial charge < -0.3 is 4.74 Å². The largest absolute Gasteiger partial charge is 0.462 e. The SMILES string of the molecule is CC(CC1C=CCC1)OC(=O)C(C)(C)Br. The van der Waals surface area contributed by atoms with Gasteiger partial charge in [0, 0.05) is 0 Å². The van der Waals surface area contributed by atoms with E-state index in [1.165, 1.54) is 6.42 Å². The van der Waals surface area contributed by atoms with Gasteiger partial charge in [0.05, 0.1) is 6.10 Å². The fourth-order valence-corrected chi connectivity index (χ4v) is 1.78. The zero-order valence-electron chi connectivity index (χ0n) is 9.63. The van der Waals surface area contributed by atoms with E-state index >= 15 is 0 Å². The van der Waals surface area contributed by atoms with E-state index in [2.05, 4.69) is 28.1 Å². The van der Waals surface area contributed by atoms with E-state index in [0.717, 1.165) is 12.8 Å². The molecule has 0 bridgehead atoms. The molecule has 0 heterocycles. The van der Waals surface area contributed by atoms with Crippen LogP contribution in [0.1, 0.15) is 40.0 Å². The van der Waals surface area contributed by atoms with Crippen LogP contribution < -0.4 is 0 Å². The van der Waals surface area contributed by atoms with Crippen LogP contribution in [-0.2, 0) is 9.53 Å². The number of carbonyl (C=O) groups is 1. The van der Waals surface area contributed by atoms with Crippen molar-refractivity contribution < 1.29 is 9.53 Å². The highest BCUT2D eigenvalue weighted by Gasteiger charge is 2.27. The first kappa shape index (κ1) is 12.8. The number of esters is 1. The summed E-state index contributed by atoms with van der Waals surface area (Å²) >= 11 is 3.30. The summed E-state index contributed by atoms with van der Waals surface area (Å²) in [6.45, 7) is 5.57. The Morgan fingerprint density at radius 3 is 2.80 bits per heavy atom. The van der Waals surface area contributed by atoms with Crippen molar-refractivity contribution in [3.05, 3.63) is 12.2 Å². The molecule has 1 rings (SSSR count). The molecular formula is C12H19BrO2. The molecule has 2 nitrogen and oxygen atoms in total. The summed E-state index contributed by atoms with van der Waals surface area (Å²) in [5.74, 6) is 0.406. The monoisotopic (exact) mass is 274 g/mol. The number of carbonyl (C=O) groups excluding carboxylic acids is 1. The number of hydrogen-bond donors (Lipinski definition) is 0. The van der Waals surface area contributed by atoms with Crippen LogP contribution in [0.2, 0.25) is 0 Å². The molecule has 2 unspecified atom stereocenters. The van der Waals surface area contributed by atoms with Crippen LogP contribution in [-0.4, -0.2) is 16.4 Å². The molecule has 0 radical (unpaired) electrons. The highest BCUT2D eigenvalue weighted by atomic mass is 79.9. The third-order valence-electron chi connectivity index (χ3n) is 2.54. The molecule has 86 valence electrons. The van der Waals surface area contributed by atoms with Crippen LogP contribution >= 0.6 is 15.9 Å². The van der Waals surface area contributed by atoms with Gasteiger partial charge in [-0.1, -0.05) is 28.1 Å². The Bertz CT molecular complexity index is 253. The van der Waals surface area contributed by atoms with Gasteiger partial charge in [-0.2, -0.15) is 0 Å². The Labute approximate surface area is 100 Å². The molecule has 1 aliphatic rings. The third kappa shape index (κ3) is 4.37. The lowest BCUT2D eigenvalue weighted by Crippen LogP contribution is -2.30. The second-order valence-corrected chi connectivity index (χ2v) is 6.67. The van der Waals surface area contributed by atoms with E-state index in [1.807, 2.05) is 6.92 Å². The molecule has 0 saturated heterocycles. The fraction of sp³-hybridized carbons (Fsp3) is 0.750. The molecule has 0 spiro atoms. The van der Waals surface area contributed by atoms with Gasteiger partial charge in [-0.15, -0.1) is 0 Å². The van der Waals surface area contributed by atoms with Crippen LogP contribution in [0.15, 0.2) is 12.2 Å². The smallest absolute Gasteiger partial charge is 0.322 e. The van der Waals surface area contributed by atoms with E-state index in [-0.39, 0.29) is 12.1 Å². The molecular weight excluding hydrogens is 256 g/mol. The second kappa shape index (κ2) is 5.15. The van der Waals surface area contributed by atoms with Crippen molar-refractivity contribution in [2.45, 2.75) is 50.5 Å². The molecule has 15 heavy (non-hydrogen) atoms. The molecule has 0 aromatic heterocycles. The van der Waals surface area contributed by atoms with Crippen molar-refractivity contribution >= 4 is 21.9 Å². The Morgan fingerprint density at radius 2 is 2.33 bits per heavy atom. The van der Waals surface area contributed by atoms with Crippen molar-refractivity contribution in [3.63, 3.8) is 0 Å². The van der Waals surface area contributed by atoms with E-state index in [4.69, 9.17) is 4.74 Å². The van der Waals surface area contributed by atoms with Gasteiger partial charge in [0.2, 0.25) is 0 Å². The van der Waals surface area contributed by atoms with E-state index in [9.17, 15) is 4.79 Å². The molecule has 2 atom stereocenters. The standard InChI is InChI=1S/C12H19BrO2/c1-9(8-10-6-4-5-7-10)15-11(14)12(2,3)13/h4,6,9-10H,5,7-8H2,1-3H3. The van der Waals surface area contributed by atoms with Gasteiger partial charge >= 0.3 is 5.97 Å². The number of halogens is 1. The van der Waals surface area contributed by atoms with Crippen molar-refractivity contribution in [1.82, 2.24) is 0 Å². The normalized spacial score (nSPS) is 22.8. The minimum Gasteiger partial charge on any atom is -0.462 e. The number of rotatable bonds is 4. The van der Waals surface area contributed by atoms with Gasteiger partial charge in [0.25, 0.3) is 0 Å². The maximum absolute atomic E-state index is 11.6. The van der Waals surface area contributed by atoms with E-state index in [1.54, 1.807) is 13.8 Å². The summed E-state index contributed by atoms with van der Waals surface area (Å²) in [6, 6.07) is 0. The predicted octanol–water partition coefficient (Wildman–Crippen LogP) is 3.45. The first-order chi connectivity index (χ1) is 6.89. The zero-order valence-corrected chi connectivity index (χ0v) is 11.2. The van der Waals surface area contributed by atoms with Crippen LogP contribution in [0.25, 0.3) is 0 Å². The van der Waals surface area contributed by atoms with Crippen LogP contribution in [0.5, 0.6) is 0 Å². The zero-order chi connectivity index (χ0) is 11.5. The lowest BCUT2D eigenvalue weighted by molar-refractivity contribution is -0.150. The summed E-state index contributed by atoms with van der Waals surface area (Å²) in [5, 5.41) is 0. The average molecular weight is 275 g/mol. The Kier molecular flexibility index (Phi) is 4.38. The van der Waals surface area contributed by atoms with Crippen molar-refractivity contribution in [2.24, 2.45) is 5.92 Å². The molecule has 0 amide bonds. The Balaban J connectivity index is 2.32. The Hall–Kier alpha value is -0.310. The van der Waals surface area contributed by atoms with Gasteiger partial charge in [0.1, 0.15) is 4.32 Å². The van der Waals surface area contributed by atoms with Gasteiger partial charge in [-0.05, 0) is 46.0 Å². The second-order valence-electron chi connectivity index (χ2n) is 4.69. The fourth-order valence-electron chi connectivity index (χ4n) is 1.69. The van der Waals surface area contributed by atoms with Gasteiger partial charge in [-0.25, -0.2) is 0 Å². The topological polar surface area (TPSA) is 26.3 Å². The quantitative estimate of drug-likeness (QED) is 0.446. The predicted molar refractivity (Wildman–Crippen MR) is 65.0 cm³/mol. The molecule has 0 saturated carbocycles. The highest BCUT2D eigenvalue weighted by molar-refractivity contribution is 9.10. The van der Waals surface area contributed by atoms with Crippen LogP contribution in [0.4, 0.5) is 0 Å². The maximum Gasteiger partial charge on any atom is 0.322 e. The number of hydrogen-bond acceptors (Lipinski definition) is 2. The summed E-state index contributed by atoms with van der Waals surface area (Å²) in [7, 11) is 0. The summed E-state index contributed by atoms with van der Waals surface area (Å²) in [5.41, 5.74) is 0. The summed E-state index contributed by atoms with van der Waals surface area (Å²) < 4.78 is 4.78. The van der Waals surface area contributed by atoms with Crippen LogP contribution in [0.3, 0.4) is 0 Å². The van der Waals surface area contributed by atoms with Crippen molar-refractivity contribution in [2.75, 3.05) is 0 Å². The number of alkyl halides is 1. The Morgan fingerprint density at radius 1 is 1.67 bits per heavy atom. The highest BCUT2D eigenvalue weighted by Crippen LogP contribution is 2.24. The molecule has 1 aliphatic carbocycles. The minimum atomic E-state index is -0.577. The molecule has 0 fully saturated rings. The molecule has 0 N–H and O–H groups in total. The average Bonchev–Trinajstić information content (AvgIpc) is 2.54. The molecule has 0 aliphatic heterocycles. The van der Waals surface area contributed by atoms with E-state index < -0.39 is 4.32 Å². The van der Waals surface area contributed by atoms with Crippen LogP contribution in [0, 0.1) is 5.92 Å². The molecule has 0 aromatic carbocycles. The summed E-state index contributed by atoms with van der Waals surface area (Å²) in [6.07, 6.45) is 7.72. The first-order valence-electron chi connectivity index (χ1n) is 5.46. The number of ether oxygens (including phenoxy) is 1. The number of allylic oxidation sites excluding steroid dienone is 2. The molecule has 3 heteroatoms. The summed E-state index contributed by atoms with van der Waals surface area (Å²) in [4.78, 5) is 11.6. The minimum absolute atomic E-state index is 0.00192. The first-order valence-corrected chi connectivity index (χ1v) is 6.25. The molecule has 0 aromatic rings. The van der Waals surface area contributed by atoms with E-state index in [0.29, 0.717) is 5.92 Å². The van der Waals surface area contributed by atoms with Gasteiger partial charge in [-0.3, -0.25) is 4.79 Å². The van der Waals surface area contributed by atoms with Crippen molar-refractivity contribution in [1.29, 1.82) is 0 Å². The van der Waals surface area contributed by atoms with Gasteiger partial charge in [0.15, 0.2) is 0 Å². The van der Waals surface area contributed by atoms with Crippen molar-refractivity contribution in [3.8, 4) is 0 Å². The maximum atomic E-state index is 11.6. The third-order valence-corrected chi connectivity index (χ3v) is 2.86.